The summed E-state index contributed by atoms with van der Waals surface area (Å²) in [6.45, 7) is 5.27. The van der Waals surface area contributed by atoms with Crippen LogP contribution in [0, 0.1) is 19.7 Å². The first-order valence-electron chi connectivity index (χ1n) is 9.54. The molecule has 1 aliphatic rings. The highest BCUT2D eigenvalue weighted by molar-refractivity contribution is 7.22. The summed E-state index contributed by atoms with van der Waals surface area (Å²) in [6, 6.07) is 11.0. The first-order valence-corrected chi connectivity index (χ1v) is 10.4. The second-order valence-electron chi connectivity index (χ2n) is 7.32. The third kappa shape index (κ3) is 3.93. The van der Waals surface area contributed by atoms with Gasteiger partial charge in [-0.3, -0.25) is 9.69 Å². The van der Waals surface area contributed by atoms with Gasteiger partial charge in [0, 0.05) is 6.61 Å². The third-order valence-corrected chi connectivity index (χ3v) is 6.27. The number of ether oxygens (including phenoxy) is 1. The van der Waals surface area contributed by atoms with Crippen molar-refractivity contribution in [2.24, 2.45) is 0 Å². The lowest BCUT2D eigenvalue weighted by atomic mass is 10.0. The van der Waals surface area contributed by atoms with Crippen molar-refractivity contribution in [1.82, 2.24) is 4.98 Å². The van der Waals surface area contributed by atoms with Gasteiger partial charge in [-0.15, -0.1) is 0 Å². The molecule has 2 heterocycles. The van der Waals surface area contributed by atoms with Gasteiger partial charge in [0.05, 0.1) is 23.8 Å². The van der Waals surface area contributed by atoms with E-state index in [1.807, 2.05) is 25.1 Å². The summed E-state index contributed by atoms with van der Waals surface area (Å²) in [6.07, 6.45) is 2.21. The van der Waals surface area contributed by atoms with Gasteiger partial charge < -0.3 is 4.74 Å². The summed E-state index contributed by atoms with van der Waals surface area (Å²) in [5, 5.41) is 0.532. The summed E-state index contributed by atoms with van der Waals surface area (Å²) < 4.78 is 20.6. The maximum atomic E-state index is 14.1. The Morgan fingerprint density at radius 1 is 1.29 bits per heavy atom. The number of nitrogens with zero attached hydrogens (tertiary/aromatic N) is 2. The zero-order valence-electron chi connectivity index (χ0n) is 16.1. The quantitative estimate of drug-likeness (QED) is 0.620. The first kappa shape index (κ1) is 19.0. The SMILES string of the molecule is Cc1ccc(CC(=O)N(CC2CCCO2)c2nc3c(F)cccc3s2)cc1C. The molecule has 3 aromatic rings. The highest BCUT2D eigenvalue weighted by Gasteiger charge is 2.26. The van der Waals surface area contributed by atoms with Crippen molar-refractivity contribution in [3.05, 3.63) is 58.9 Å². The summed E-state index contributed by atoms with van der Waals surface area (Å²) in [5.41, 5.74) is 3.66. The van der Waals surface area contributed by atoms with E-state index in [1.165, 1.54) is 23.0 Å². The van der Waals surface area contributed by atoms with Gasteiger partial charge in [0.15, 0.2) is 5.13 Å². The van der Waals surface area contributed by atoms with Crippen molar-refractivity contribution in [1.29, 1.82) is 0 Å². The number of hydrogen-bond acceptors (Lipinski definition) is 4. The van der Waals surface area contributed by atoms with Crippen LogP contribution >= 0.6 is 11.3 Å². The molecular formula is C22H23FN2O2S. The van der Waals surface area contributed by atoms with E-state index in [0.717, 1.165) is 35.3 Å². The molecule has 0 bridgehead atoms. The molecule has 1 aromatic heterocycles. The standard InChI is InChI=1S/C22H23FN2O2S/c1-14-8-9-16(11-15(14)2)12-20(26)25(13-17-5-4-10-27-17)22-24-21-18(23)6-3-7-19(21)28-22/h3,6-9,11,17H,4-5,10,12-13H2,1-2H3. The number of rotatable bonds is 5. The molecule has 4 rings (SSSR count). The summed E-state index contributed by atoms with van der Waals surface area (Å²) in [7, 11) is 0. The van der Waals surface area contributed by atoms with Crippen LogP contribution in [-0.2, 0) is 16.0 Å². The lowest BCUT2D eigenvalue weighted by molar-refractivity contribution is -0.118. The summed E-state index contributed by atoms with van der Waals surface area (Å²) >= 11 is 1.35. The number of amides is 1. The molecule has 1 aliphatic heterocycles. The molecule has 0 saturated carbocycles. The smallest absolute Gasteiger partial charge is 0.233 e. The molecular weight excluding hydrogens is 375 g/mol. The fraction of sp³-hybridized carbons (Fsp3) is 0.364. The minimum absolute atomic E-state index is 0.000521. The van der Waals surface area contributed by atoms with E-state index >= 15 is 0 Å². The van der Waals surface area contributed by atoms with Crippen LogP contribution < -0.4 is 4.90 Å². The Labute approximate surface area is 168 Å². The molecule has 2 aromatic carbocycles. The van der Waals surface area contributed by atoms with Crippen molar-refractivity contribution in [3.63, 3.8) is 0 Å². The maximum Gasteiger partial charge on any atom is 0.233 e. The molecule has 0 aliphatic carbocycles. The third-order valence-electron chi connectivity index (χ3n) is 5.23. The number of aryl methyl sites for hydroxylation is 2. The van der Waals surface area contributed by atoms with Crippen molar-refractivity contribution in [3.8, 4) is 0 Å². The number of carbonyl (C=O) groups excluding carboxylic acids is 1. The molecule has 146 valence electrons. The number of carbonyl (C=O) groups is 1. The van der Waals surface area contributed by atoms with Gasteiger partial charge in [0.2, 0.25) is 5.91 Å². The number of anilines is 1. The Morgan fingerprint density at radius 2 is 2.14 bits per heavy atom. The number of halogens is 1. The van der Waals surface area contributed by atoms with Crippen LogP contribution in [0.4, 0.5) is 9.52 Å². The van der Waals surface area contributed by atoms with Crippen LogP contribution in [0.1, 0.15) is 29.5 Å². The van der Waals surface area contributed by atoms with Crippen LogP contribution in [0.25, 0.3) is 10.2 Å². The minimum Gasteiger partial charge on any atom is -0.376 e. The second-order valence-corrected chi connectivity index (χ2v) is 8.33. The molecule has 1 fully saturated rings. The van der Waals surface area contributed by atoms with Gasteiger partial charge in [-0.1, -0.05) is 35.6 Å². The number of hydrogen-bond donors (Lipinski definition) is 0. The predicted molar refractivity (Wildman–Crippen MR) is 111 cm³/mol. The van der Waals surface area contributed by atoms with Gasteiger partial charge in [-0.05, 0) is 55.5 Å². The van der Waals surface area contributed by atoms with Crippen molar-refractivity contribution >= 4 is 32.6 Å². The number of para-hydroxylation sites is 1. The molecule has 28 heavy (non-hydrogen) atoms. The highest BCUT2D eigenvalue weighted by atomic mass is 32.1. The Balaban J connectivity index is 1.64. The second kappa shape index (κ2) is 7.97. The number of benzene rings is 2. The average Bonchev–Trinajstić information content (AvgIpc) is 3.32. The Morgan fingerprint density at radius 3 is 2.86 bits per heavy atom. The summed E-state index contributed by atoms with van der Waals surface area (Å²) in [5.74, 6) is -0.406. The maximum absolute atomic E-state index is 14.1. The van der Waals surface area contributed by atoms with Gasteiger partial charge >= 0.3 is 0 Å². The summed E-state index contributed by atoms with van der Waals surface area (Å²) in [4.78, 5) is 19.3. The highest BCUT2D eigenvalue weighted by Crippen LogP contribution is 2.31. The van der Waals surface area contributed by atoms with E-state index < -0.39 is 0 Å². The van der Waals surface area contributed by atoms with Crippen LogP contribution in [-0.4, -0.2) is 30.1 Å². The minimum atomic E-state index is -0.362. The largest absolute Gasteiger partial charge is 0.376 e. The predicted octanol–water partition coefficient (Wildman–Crippen LogP) is 4.81. The molecule has 0 radical (unpaired) electrons. The van der Waals surface area contributed by atoms with E-state index in [0.29, 0.717) is 17.2 Å². The van der Waals surface area contributed by atoms with E-state index in [-0.39, 0.29) is 24.2 Å². The van der Waals surface area contributed by atoms with Crippen molar-refractivity contribution in [2.75, 3.05) is 18.1 Å². The number of thiazole rings is 1. The lowest BCUT2D eigenvalue weighted by Crippen LogP contribution is -2.38. The van der Waals surface area contributed by atoms with Crippen molar-refractivity contribution in [2.45, 2.75) is 39.2 Å². The molecule has 6 heteroatoms. The number of aromatic nitrogens is 1. The van der Waals surface area contributed by atoms with Crippen molar-refractivity contribution < 1.29 is 13.9 Å². The fourth-order valence-corrected chi connectivity index (χ4v) is 4.49. The lowest BCUT2D eigenvalue weighted by Gasteiger charge is -2.23. The van der Waals surface area contributed by atoms with E-state index in [4.69, 9.17) is 4.74 Å². The zero-order chi connectivity index (χ0) is 19.7. The molecule has 4 nitrogen and oxygen atoms in total. The molecule has 1 saturated heterocycles. The Bertz CT molecular complexity index is 1010. The van der Waals surface area contributed by atoms with Crippen LogP contribution in [0.2, 0.25) is 0 Å². The van der Waals surface area contributed by atoms with Crippen LogP contribution in [0.5, 0.6) is 0 Å². The van der Waals surface area contributed by atoms with Gasteiger partial charge in [0.25, 0.3) is 0 Å². The first-order chi connectivity index (χ1) is 13.5. The molecule has 1 amide bonds. The molecule has 1 atom stereocenters. The normalized spacial score (nSPS) is 16.6. The van der Waals surface area contributed by atoms with Crippen LogP contribution in [0.3, 0.4) is 0 Å². The molecule has 1 unspecified atom stereocenters. The molecule has 0 spiro atoms. The topological polar surface area (TPSA) is 42.4 Å². The average molecular weight is 399 g/mol. The van der Waals surface area contributed by atoms with Gasteiger partial charge in [-0.2, -0.15) is 0 Å². The van der Waals surface area contributed by atoms with E-state index in [9.17, 15) is 9.18 Å². The van der Waals surface area contributed by atoms with Gasteiger partial charge in [0.1, 0.15) is 11.3 Å². The zero-order valence-corrected chi connectivity index (χ0v) is 16.9. The van der Waals surface area contributed by atoms with E-state index in [1.54, 1.807) is 11.0 Å². The monoisotopic (exact) mass is 398 g/mol. The van der Waals surface area contributed by atoms with E-state index in [2.05, 4.69) is 18.0 Å². The molecule has 0 N–H and O–H groups in total. The number of fused-ring (bicyclic) bond motifs is 1. The Hall–Kier alpha value is -2.31. The Kier molecular flexibility index (Phi) is 5.42. The van der Waals surface area contributed by atoms with Crippen LogP contribution in [0.15, 0.2) is 36.4 Å². The van der Waals surface area contributed by atoms with Gasteiger partial charge in [-0.25, -0.2) is 9.37 Å². The fourth-order valence-electron chi connectivity index (χ4n) is 3.48.